The van der Waals surface area contributed by atoms with Crippen LogP contribution in [0.15, 0.2) is 36.7 Å². The third-order valence-electron chi connectivity index (χ3n) is 6.69. The number of aryl methyl sites for hydroxylation is 1. The predicted octanol–water partition coefficient (Wildman–Crippen LogP) is 3.12. The largest absolute Gasteiger partial charge is 0.497 e. The van der Waals surface area contributed by atoms with Crippen LogP contribution in [0.4, 0.5) is 0 Å². The van der Waals surface area contributed by atoms with E-state index in [0.29, 0.717) is 11.8 Å². The maximum Gasteiger partial charge on any atom is 0.225 e. The molecule has 1 atom stereocenters. The standard InChI is InChI=1S/C24H34N4O2/c1-26-16-19(15-25-26)17-28-11-9-20(10-12-28)23(27(2)24(29)21-7-8-21)14-18-5-4-6-22(13-18)30-3/h4-6,13,15-16,20-21,23H,7-12,14,17H2,1-3H3. The summed E-state index contributed by atoms with van der Waals surface area (Å²) in [5.41, 5.74) is 2.51. The normalized spacial score (nSPS) is 18.9. The molecule has 2 fully saturated rings. The number of benzene rings is 1. The molecule has 1 aliphatic heterocycles. The number of hydrogen-bond donors (Lipinski definition) is 0. The van der Waals surface area contributed by atoms with Gasteiger partial charge in [-0.2, -0.15) is 5.10 Å². The highest BCUT2D eigenvalue weighted by Gasteiger charge is 2.37. The molecule has 2 aliphatic rings. The van der Waals surface area contributed by atoms with Crippen molar-refractivity contribution in [1.29, 1.82) is 0 Å². The molecule has 4 rings (SSSR count). The number of aromatic nitrogens is 2. The predicted molar refractivity (Wildman–Crippen MR) is 117 cm³/mol. The summed E-state index contributed by atoms with van der Waals surface area (Å²) in [6, 6.07) is 8.53. The third kappa shape index (κ3) is 5.04. The lowest BCUT2D eigenvalue weighted by atomic mass is 9.84. The Labute approximate surface area is 179 Å². The molecule has 1 unspecified atom stereocenters. The van der Waals surface area contributed by atoms with Crippen molar-refractivity contribution in [2.45, 2.75) is 44.7 Å². The van der Waals surface area contributed by atoms with Crippen LogP contribution in [0.3, 0.4) is 0 Å². The summed E-state index contributed by atoms with van der Waals surface area (Å²) >= 11 is 0. The summed E-state index contributed by atoms with van der Waals surface area (Å²) < 4.78 is 7.28. The van der Waals surface area contributed by atoms with E-state index in [-0.39, 0.29) is 12.0 Å². The minimum absolute atomic E-state index is 0.241. The van der Waals surface area contributed by atoms with Gasteiger partial charge in [0.15, 0.2) is 0 Å². The fraction of sp³-hybridized carbons (Fsp3) is 0.583. The van der Waals surface area contributed by atoms with Crippen LogP contribution in [0.25, 0.3) is 0 Å². The highest BCUT2D eigenvalue weighted by Crippen LogP contribution is 2.34. The highest BCUT2D eigenvalue weighted by atomic mass is 16.5. The van der Waals surface area contributed by atoms with Gasteiger partial charge in [0.1, 0.15) is 5.75 Å². The second kappa shape index (κ2) is 9.21. The molecule has 6 nitrogen and oxygen atoms in total. The first kappa shape index (κ1) is 20.9. The number of methoxy groups -OCH3 is 1. The van der Waals surface area contributed by atoms with Crippen molar-refractivity contribution in [3.8, 4) is 5.75 Å². The van der Waals surface area contributed by atoms with Gasteiger partial charge >= 0.3 is 0 Å². The fourth-order valence-electron chi connectivity index (χ4n) is 4.75. The molecule has 162 valence electrons. The summed E-state index contributed by atoms with van der Waals surface area (Å²) in [5, 5.41) is 4.29. The van der Waals surface area contributed by atoms with Crippen LogP contribution >= 0.6 is 0 Å². The number of amides is 1. The maximum atomic E-state index is 12.9. The Morgan fingerprint density at radius 1 is 1.23 bits per heavy atom. The van der Waals surface area contributed by atoms with Gasteiger partial charge in [-0.05, 0) is 68.8 Å². The van der Waals surface area contributed by atoms with Gasteiger partial charge in [0.2, 0.25) is 5.91 Å². The molecular weight excluding hydrogens is 376 g/mol. The molecule has 6 heteroatoms. The number of likely N-dealkylation sites (tertiary alicyclic amines) is 1. The number of rotatable bonds is 8. The Kier molecular flexibility index (Phi) is 6.42. The molecule has 2 aromatic rings. The Morgan fingerprint density at radius 3 is 2.63 bits per heavy atom. The van der Waals surface area contributed by atoms with Crippen molar-refractivity contribution in [2.75, 3.05) is 27.2 Å². The average molecular weight is 411 g/mol. The number of likely N-dealkylation sites (N-methyl/N-ethyl adjacent to an activating group) is 1. The lowest BCUT2D eigenvalue weighted by molar-refractivity contribution is -0.134. The molecule has 0 bridgehead atoms. The minimum atomic E-state index is 0.241. The quantitative estimate of drug-likeness (QED) is 0.671. The molecule has 1 aliphatic carbocycles. The Balaban J connectivity index is 1.43. The van der Waals surface area contributed by atoms with Crippen LogP contribution in [0, 0.1) is 11.8 Å². The van der Waals surface area contributed by atoms with Gasteiger partial charge in [0.05, 0.1) is 13.3 Å². The molecule has 1 saturated carbocycles. The van der Waals surface area contributed by atoms with E-state index in [0.717, 1.165) is 57.5 Å². The van der Waals surface area contributed by atoms with Gasteiger partial charge in [0, 0.05) is 44.4 Å². The summed E-state index contributed by atoms with van der Waals surface area (Å²) in [6.45, 7) is 3.09. The number of nitrogens with zero attached hydrogens (tertiary/aromatic N) is 4. The Bertz CT molecular complexity index is 852. The molecule has 1 amide bonds. The first-order valence-electron chi connectivity index (χ1n) is 11.1. The number of hydrogen-bond acceptors (Lipinski definition) is 4. The van der Waals surface area contributed by atoms with Crippen molar-refractivity contribution in [3.05, 3.63) is 47.8 Å². The summed E-state index contributed by atoms with van der Waals surface area (Å²) in [5.74, 6) is 2.00. The molecule has 0 radical (unpaired) electrons. The summed E-state index contributed by atoms with van der Waals surface area (Å²) in [6.07, 6.45) is 9.30. The van der Waals surface area contributed by atoms with Gasteiger partial charge in [-0.1, -0.05) is 12.1 Å². The topological polar surface area (TPSA) is 50.6 Å². The minimum Gasteiger partial charge on any atom is -0.497 e. The summed E-state index contributed by atoms with van der Waals surface area (Å²) in [4.78, 5) is 17.5. The number of piperidine rings is 1. The van der Waals surface area contributed by atoms with E-state index >= 15 is 0 Å². The zero-order valence-electron chi connectivity index (χ0n) is 18.5. The van der Waals surface area contributed by atoms with Crippen LogP contribution in [-0.2, 0) is 24.8 Å². The fourth-order valence-corrected chi connectivity index (χ4v) is 4.75. The SMILES string of the molecule is COc1cccc(CC(C2CCN(Cc3cnn(C)c3)CC2)N(C)C(=O)C2CC2)c1. The second-order valence-corrected chi connectivity index (χ2v) is 8.98. The van der Waals surface area contributed by atoms with Gasteiger partial charge in [-0.25, -0.2) is 0 Å². The lowest BCUT2D eigenvalue weighted by Crippen LogP contribution is -2.47. The maximum absolute atomic E-state index is 12.9. The second-order valence-electron chi connectivity index (χ2n) is 8.98. The molecular formula is C24H34N4O2. The van der Waals surface area contributed by atoms with Crippen LogP contribution < -0.4 is 4.74 Å². The molecule has 30 heavy (non-hydrogen) atoms. The Hall–Kier alpha value is -2.34. The van der Waals surface area contributed by atoms with Crippen molar-refractivity contribution in [2.24, 2.45) is 18.9 Å². The van der Waals surface area contributed by atoms with E-state index in [1.165, 1.54) is 11.1 Å². The van der Waals surface area contributed by atoms with Crippen LogP contribution in [0.5, 0.6) is 5.75 Å². The molecule has 1 saturated heterocycles. The molecule has 2 heterocycles. The van der Waals surface area contributed by atoms with Crippen LogP contribution in [0.2, 0.25) is 0 Å². The summed E-state index contributed by atoms with van der Waals surface area (Å²) in [7, 11) is 5.69. The monoisotopic (exact) mass is 410 g/mol. The van der Waals surface area contributed by atoms with Crippen LogP contribution in [0.1, 0.15) is 36.8 Å². The van der Waals surface area contributed by atoms with E-state index in [9.17, 15) is 4.79 Å². The number of carbonyl (C=O) groups excluding carboxylic acids is 1. The zero-order valence-corrected chi connectivity index (χ0v) is 18.5. The molecule has 1 aromatic carbocycles. The van der Waals surface area contributed by atoms with Crippen molar-refractivity contribution >= 4 is 5.91 Å². The third-order valence-corrected chi connectivity index (χ3v) is 6.69. The molecule has 1 aromatic heterocycles. The van der Waals surface area contributed by atoms with E-state index < -0.39 is 0 Å². The van der Waals surface area contributed by atoms with Gasteiger partial charge in [0.25, 0.3) is 0 Å². The van der Waals surface area contributed by atoms with Crippen molar-refractivity contribution in [3.63, 3.8) is 0 Å². The smallest absolute Gasteiger partial charge is 0.225 e. The number of carbonyl (C=O) groups is 1. The lowest BCUT2D eigenvalue weighted by Gasteiger charge is -2.40. The van der Waals surface area contributed by atoms with E-state index in [1.807, 2.05) is 37.1 Å². The van der Waals surface area contributed by atoms with Crippen molar-refractivity contribution in [1.82, 2.24) is 19.6 Å². The first-order valence-corrected chi connectivity index (χ1v) is 11.1. The van der Waals surface area contributed by atoms with Gasteiger partial charge in [-0.15, -0.1) is 0 Å². The van der Waals surface area contributed by atoms with E-state index in [4.69, 9.17) is 4.74 Å². The highest BCUT2D eigenvalue weighted by molar-refractivity contribution is 5.81. The average Bonchev–Trinajstić information content (AvgIpc) is 3.54. The van der Waals surface area contributed by atoms with E-state index in [2.05, 4.69) is 33.2 Å². The number of ether oxygens (including phenoxy) is 1. The molecule has 0 spiro atoms. The van der Waals surface area contributed by atoms with Crippen LogP contribution in [-0.4, -0.2) is 58.8 Å². The van der Waals surface area contributed by atoms with Crippen molar-refractivity contribution < 1.29 is 9.53 Å². The van der Waals surface area contributed by atoms with Gasteiger partial charge < -0.3 is 9.64 Å². The van der Waals surface area contributed by atoms with Gasteiger partial charge in [-0.3, -0.25) is 14.4 Å². The first-order chi connectivity index (χ1) is 14.5. The molecule has 0 N–H and O–H groups in total. The zero-order chi connectivity index (χ0) is 21.1. The Morgan fingerprint density at radius 2 is 2.00 bits per heavy atom. The van der Waals surface area contributed by atoms with E-state index in [1.54, 1.807) is 7.11 Å².